The summed E-state index contributed by atoms with van der Waals surface area (Å²) in [7, 11) is 0. The second-order valence-corrected chi connectivity index (χ2v) is 8.06. The van der Waals surface area contributed by atoms with Gasteiger partial charge in [-0.25, -0.2) is 0 Å². The zero-order valence-electron chi connectivity index (χ0n) is 17.4. The van der Waals surface area contributed by atoms with Crippen LogP contribution in [0.5, 0.6) is 0 Å². The van der Waals surface area contributed by atoms with Crippen LogP contribution in [0.3, 0.4) is 0 Å². The number of benzene rings is 1. The standard InChI is InChI=1S/C23H26N4O3/c1-16-4-3-5-18(12-16)14-26-15-21(28)27-11-10-25(9-8-20(27)23(26)30)22(29)19-7-6-17(2)24-13-19/h3-7,12-13,20H,8-11,14-15H2,1-2H3. The molecule has 2 aliphatic heterocycles. The second-order valence-electron chi connectivity index (χ2n) is 8.06. The molecular weight excluding hydrogens is 380 g/mol. The molecule has 0 radical (unpaired) electrons. The van der Waals surface area contributed by atoms with E-state index in [2.05, 4.69) is 4.98 Å². The van der Waals surface area contributed by atoms with E-state index >= 15 is 0 Å². The van der Waals surface area contributed by atoms with E-state index in [0.29, 0.717) is 38.2 Å². The number of carbonyl (C=O) groups is 3. The summed E-state index contributed by atoms with van der Waals surface area (Å²) in [6, 6.07) is 11.0. The third-order valence-electron chi connectivity index (χ3n) is 5.80. The van der Waals surface area contributed by atoms with Gasteiger partial charge < -0.3 is 14.7 Å². The van der Waals surface area contributed by atoms with Gasteiger partial charge in [0.2, 0.25) is 11.8 Å². The van der Waals surface area contributed by atoms with Crippen molar-refractivity contribution >= 4 is 17.7 Å². The highest BCUT2D eigenvalue weighted by atomic mass is 16.2. The highest BCUT2D eigenvalue weighted by Crippen LogP contribution is 2.22. The van der Waals surface area contributed by atoms with Crippen LogP contribution in [0.15, 0.2) is 42.6 Å². The Morgan fingerprint density at radius 3 is 2.67 bits per heavy atom. The molecule has 2 saturated heterocycles. The van der Waals surface area contributed by atoms with Crippen LogP contribution in [0.2, 0.25) is 0 Å². The molecule has 3 heterocycles. The maximum absolute atomic E-state index is 13.1. The molecule has 156 valence electrons. The van der Waals surface area contributed by atoms with E-state index in [-0.39, 0.29) is 24.3 Å². The molecule has 30 heavy (non-hydrogen) atoms. The third kappa shape index (κ3) is 4.06. The minimum atomic E-state index is -0.509. The van der Waals surface area contributed by atoms with Gasteiger partial charge in [-0.05, 0) is 38.0 Å². The summed E-state index contributed by atoms with van der Waals surface area (Å²) in [6.07, 6.45) is 2.02. The fourth-order valence-corrected chi connectivity index (χ4v) is 4.17. The normalized spacial score (nSPS) is 19.5. The number of hydrogen-bond acceptors (Lipinski definition) is 4. The first-order valence-electron chi connectivity index (χ1n) is 10.3. The maximum atomic E-state index is 13.1. The molecule has 2 fully saturated rings. The molecule has 0 N–H and O–H groups in total. The van der Waals surface area contributed by atoms with E-state index < -0.39 is 6.04 Å². The molecule has 7 heteroatoms. The molecular formula is C23H26N4O3. The van der Waals surface area contributed by atoms with Crippen LogP contribution in [-0.2, 0) is 16.1 Å². The first-order valence-corrected chi connectivity index (χ1v) is 10.3. The lowest BCUT2D eigenvalue weighted by atomic mass is 10.1. The lowest BCUT2D eigenvalue weighted by Gasteiger charge is -2.39. The van der Waals surface area contributed by atoms with Crippen LogP contribution >= 0.6 is 0 Å². The summed E-state index contributed by atoms with van der Waals surface area (Å²) in [5.74, 6) is -0.208. The average Bonchev–Trinajstić information content (AvgIpc) is 2.96. The van der Waals surface area contributed by atoms with Gasteiger partial charge in [0.25, 0.3) is 5.91 Å². The number of nitrogens with zero attached hydrogens (tertiary/aromatic N) is 4. The molecule has 1 unspecified atom stereocenters. The van der Waals surface area contributed by atoms with Crippen LogP contribution in [0, 0.1) is 13.8 Å². The van der Waals surface area contributed by atoms with Crippen LogP contribution in [0.1, 0.15) is 33.6 Å². The minimum Gasteiger partial charge on any atom is -0.337 e. The Kier molecular flexibility index (Phi) is 5.53. The molecule has 1 atom stereocenters. The van der Waals surface area contributed by atoms with E-state index in [1.807, 2.05) is 44.2 Å². The lowest BCUT2D eigenvalue weighted by Crippen LogP contribution is -2.59. The minimum absolute atomic E-state index is 0.0394. The molecule has 7 nitrogen and oxygen atoms in total. The number of rotatable bonds is 3. The van der Waals surface area contributed by atoms with E-state index in [0.717, 1.165) is 16.8 Å². The van der Waals surface area contributed by atoms with Gasteiger partial charge in [0, 0.05) is 38.1 Å². The zero-order valence-corrected chi connectivity index (χ0v) is 17.4. The number of hydrogen-bond donors (Lipinski definition) is 0. The molecule has 0 bridgehead atoms. The predicted octanol–water partition coefficient (Wildman–Crippen LogP) is 1.78. The molecule has 2 aliphatic rings. The van der Waals surface area contributed by atoms with Gasteiger partial charge in [-0.3, -0.25) is 19.4 Å². The lowest BCUT2D eigenvalue weighted by molar-refractivity contribution is -0.156. The van der Waals surface area contributed by atoms with Crippen molar-refractivity contribution in [3.05, 3.63) is 65.0 Å². The summed E-state index contributed by atoms with van der Waals surface area (Å²) >= 11 is 0. The van der Waals surface area contributed by atoms with Crippen molar-refractivity contribution in [2.75, 3.05) is 26.2 Å². The van der Waals surface area contributed by atoms with Crippen LogP contribution < -0.4 is 0 Å². The highest BCUT2D eigenvalue weighted by Gasteiger charge is 2.41. The van der Waals surface area contributed by atoms with Crippen molar-refractivity contribution in [1.82, 2.24) is 19.7 Å². The van der Waals surface area contributed by atoms with E-state index in [1.165, 1.54) is 0 Å². The van der Waals surface area contributed by atoms with Crippen molar-refractivity contribution in [2.24, 2.45) is 0 Å². The predicted molar refractivity (Wildman–Crippen MR) is 112 cm³/mol. The monoisotopic (exact) mass is 406 g/mol. The van der Waals surface area contributed by atoms with Crippen molar-refractivity contribution in [3.63, 3.8) is 0 Å². The number of pyridine rings is 1. The number of carbonyl (C=O) groups excluding carboxylic acids is 3. The Labute approximate surface area is 176 Å². The van der Waals surface area contributed by atoms with Gasteiger partial charge in [-0.1, -0.05) is 29.8 Å². The van der Waals surface area contributed by atoms with Gasteiger partial charge in [0.15, 0.2) is 0 Å². The summed E-state index contributed by atoms with van der Waals surface area (Å²) in [6.45, 7) is 5.62. The quantitative estimate of drug-likeness (QED) is 0.779. The van der Waals surface area contributed by atoms with Crippen molar-refractivity contribution < 1.29 is 14.4 Å². The van der Waals surface area contributed by atoms with Gasteiger partial charge >= 0.3 is 0 Å². The van der Waals surface area contributed by atoms with Gasteiger partial charge in [-0.15, -0.1) is 0 Å². The Hall–Kier alpha value is -3.22. The molecule has 4 rings (SSSR count). The molecule has 0 saturated carbocycles. The molecule has 0 aliphatic carbocycles. The SMILES string of the molecule is Cc1cccc(CN2CC(=O)N3CCN(C(=O)c4ccc(C)nc4)CCC3C2=O)c1. The molecule has 1 aromatic carbocycles. The summed E-state index contributed by atoms with van der Waals surface area (Å²) in [5, 5.41) is 0. The average molecular weight is 406 g/mol. The summed E-state index contributed by atoms with van der Waals surface area (Å²) in [5.41, 5.74) is 3.52. The Morgan fingerprint density at radius 2 is 1.93 bits per heavy atom. The van der Waals surface area contributed by atoms with Gasteiger partial charge in [-0.2, -0.15) is 0 Å². The fourth-order valence-electron chi connectivity index (χ4n) is 4.17. The number of piperazine rings is 1. The third-order valence-corrected chi connectivity index (χ3v) is 5.80. The number of amides is 3. The van der Waals surface area contributed by atoms with Gasteiger partial charge in [0.05, 0.1) is 5.56 Å². The topological polar surface area (TPSA) is 73.8 Å². The highest BCUT2D eigenvalue weighted by molar-refractivity contribution is 5.96. The number of aryl methyl sites for hydroxylation is 2. The Bertz CT molecular complexity index is 973. The van der Waals surface area contributed by atoms with Crippen LogP contribution in [-0.4, -0.2) is 69.6 Å². The van der Waals surface area contributed by atoms with E-state index in [1.54, 1.807) is 27.0 Å². The van der Waals surface area contributed by atoms with Crippen molar-refractivity contribution in [3.8, 4) is 0 Å². The molecule has 0 spiro atoms. The van der Waals surface area contributed by atoms with Gasteiger partial charge in [0.1, 0.15) is 12.6 Å². The van der Waals surface area contributed by atoms with Crippen LogP contribution in [0.4, 0.5) is 0 Å². The van der Waals surface area contributed by atoms with Crippen molar-refractivity contribution in [2.45, 2.75) is 32.9 Å². The Morgan fingerprint density at radius 1 is 1.10 bits per heavy atom. The number of fused-ring (bicyclic) bond motifs is 1. The first-order chi connectivity index (χ1) is 14.4. The summed E-state index contributed by atoms with van der Waals surface area (Å²) in [4.78, 5) is 48.0. The van der Waals surface area contributed by atoms with Crippen molar-refractivity contribution in [1.29, 1.82) is 0 Å². The van der Waals surface area contributed by atoms with E-state index in [9.17, 15) is 14.4 Å². The molecule has 3 amide bonds. The smallest absolute Gasteiger partial charge is 0.255 e. The Balaban J connectivity index is 1.47. The van der Waals surface area contributed by atoms with E-state index in [4.69, 9.17) is 0 Å². The largest absolute Gasteiger partial charge is 0.337 e. The first kappa shape index (κ1) is 20.1. The second kappa shape index (κ2) is 8.26. The zero-order chi connectivity index (χ0) is 21.3. The number of aromatic nitrogens is 1. The maximum Gasteiger partial charge on any atom is 0.255 e. The molecule has 1 aromatic heterocycles. The summed E-state index contributed by atoms with van der Waals surface area (Å²) < 4.78 is 0. The molecule has 2 aromatic rings. The van der Waals surface area contributed by atoms with Crippen LogP contribution in [0.25, 0.3) is 0 Å². The fraction of sp³-hybridized carbons (Fsp3) is 0.391.